The first-order chi connectivity index (χ1) is 13.0. The molecule has 1 aromatic rings. The summed E-state index contributed by atoms with van der Waals surface area (Å²) in [5.74, 6) is -10.3. The van der Waals surface area contributed by atoms with Gasteiger partial charge in [-0.3, -0.25) is 14.4 Å². The molecular formula is C16H17F5O6Si. The molecule has 0 fully saturated rings. The fourth-order valence-corrected chi connectivity index (χ4v) is 4.22. The number of hydrogen-bond acceptors (Lipinski definition) is 6. The van der Waals surface area contributed by atoms with Crippen LogP contribution in [0.15, 0.2) is 12.1 Å². The van der Waals surface area contributed by atoms with Crippen molar-refractivity contribution >= 4 is 26.7 Å². The van der Waals surface area contributed by atoms with Crippen LogP contribution in [-0.4, -0.2) is 26.7 Å². The molecule has 1 rings (SSSR count). The predicted octanol–water partition coefficient (Wildman–Crippen LogP) is 3.53. The molecule has 28 heavy (non-hydrogen) atoms. The van der Waals surface area contributed by atoms with Crippen molar-refractivity contribution in [1.29, 1.82) is 0 Å². The van der Waals surface area contributed by atoms with Gasteiger partial charge in [0.15, 0.2) is 17.5 Å². The minimum absolute atomic E-state index is 0.175. The van der Waals surface area contributed by atoms with Gasteiger partial charge in [0.2, 0.25) is 0 Å². The Morgan fingerprint density at radius 1 is 0.821 bits per heavy atom. The number of halogens is 5. The molecule has 0 aliphatic heterocycles. The molecular weight excluding hydrogens is 411 g/mol. The number of carbonyl (C=O) groups excluding carboxylic acids is 3. The second kappa shape index (κ2) is 9.13. The van der Waals surface area contributed by atoms with E-state index < -0.39 is 74.5 Å². The van der Waals surface area contributed by atoms with Crippen molar-refractivity contribution in [1.82, 2.24) is 0 Å². The van der Waals surface area contributed by atoms with Crippen molar-refractivity contribution in [2.45, 2.75) is 45.6 Å². The molecule has 6 nitrogen and oxygen atoms in total. The fraction of sp³-hybridized carbons (Fsp3) is 0.438. The van der Waals surface area contributed by atoms with Gasteiger partial charge in [-0.05, 0) is 12.1 Å². The van der Waals surface area contributed by atoms with Crippen molar-refractivity contribution in [3.8, 4) is 0 Å². The summed E-state index contributed by atoms with van der Waals surface area (Å²) < 4.78 is 84.8. The molecule has 1 aromatic carbocycles. The van der Waals surface area contributed by atoms with E-state index in [1.165, 1.54) is 20.8 Å². The third-order valence-corrected chi connectivity index (χ3v) is 5.90. The van der Waals surface area contributed by atoms with E-state index in [1.807, 2.05) is 0 Å². The minimum Gasteiger partial charge on any atom is -0.452 e. The molecule has 0 saturated heterocycles. The van der Waals surface area contributed by atoms with Gasteiger partial charge >= 0.3 is 14.4 Å². The standard InChI is InChI=1S/C16H17F5O6Si/c1-4-11(22)25-28(26-12(23)5-2,27-13(24)6-3)16(20,21)9-7-8-10(17)15(19)14(9)18/h7-8H,4-6H2,1-3H3. The Bertz CT molecular complexity index is 725. The normalized spacial score (nSPS) is 11.7. The molecule has 0 unspecified atom stereocenters. The van der Waals surface area contributed by atoms with E-state index >= 15 is 8.78 Å². The van der Waals surface area contributed by atoms with Gasteiger partial charge in [-0.15, -0.1) is 0 Å². The van der Waals surface area contributed by atoms with Gasteiger partial charge < -0.3 is 13.3 Å². The quantitative estimate of drug-likeness (QED) is 0.358. The Balaban J connectivity index is 3.73. The Hall–Kier alpha value is -2.50. The average Bonchev–Trinajstić information content (AvgIpc) is 2.65. The van der Waals surface area contributed by atoms with E-state index in [0.717, 1.165) is 0 Å². The topological polar surface area (TPSA) is 78.9 Å². The van der Waals surface area contributed by atoms with Gasteiger partial charge in [0, 0.05) is 19.3 Å². The molecule has 156 valence electrons. The highest BCUT2D eigenvalue weighted by atomic mass is 28.4. The summed E-state index contributed by atoms with van der Waals surface area (Å²) in [5, 5.41) is 0. The number of hydrogen-bond donors (Lipinski definition) is 0. The fourth-order valence-electron chi connectivity index (χ4n) is 1.85. The van der Waals surface area contributed by atoms with Gasteiger partial charge in [0.05, 0.1) is 5.56 Å². The summed E-state index contributed by atoms with van der Waals surface area (Å²) in [6.45, 7) is 3.63. The summed E-state index contributed by atoms with van der Waals surface area (Å²) >= 11 is 0. The monoisotopic (exact) mass is 428 g/mol. The zero-order chi connectivity index (χ0) is 21.7. The van der Waals surface area contributed by atoms with Gasteiger partial charge in [-0.25, -0.2) is 13.2 Å². The maximum Gasteiger partial charge on any atom is 0.784 e. The predicted molar refractivity (Wildman–Crippen MR) is 85.1 cm³/mol. The first-order valence-corrected chi connectivity index (χ1v) is 9.85. The van der Waals surface area contributed by atoms with Gasteiger partial charge in [-0.1, -0.05) is 20.8 Å². The molecule has 0 bridgehead atoms. The van der Waals surface area contributed by atoms with Crippen molar-refractivity contribution in [2.24, 2.45) is 0 Å². The lowest BCUT2D eigenvalue weighted by Gasteiger charge is -2.33. The van der Waals surface area contributed by atoms with Crippen molar-refractivity contribution in [3.63, 3.8) is 0 Å². The molecule has 0 spiro atoms. The van der Waals surface area contributed by atoms with Crippen LogP contribution >= 0.6 is 0 Å². The molecule has 0 aromatic heterocycles. The molecule has 0 atom stereocenters. The van der Waals surface area contributed by atoms with E-state index in [-0.39, 0.29) is 12.1 Å². The Kier molecular flexibility index (Phi) is 7.67. The van der Waals surface area contributed by atoms with Crippen LogP contribution in [0.3, 0.4) is 0 Å². The smallest absolute Gasteiger partial charge is 0.452 e. The number of rotatable bonds is 8. The number of benzene rings is 1. The van der Waals surface area contributed by atoms with E-state index in [4.69, 9.17) is 0 Å². The van der Waals surface area contributed by atoms with Crippen LogP contribution in [0.5, 0.6) is 0 Å². The molecule has 0 aliphatic rings. The lowest BCUT2D eigenvalue weighted by molar-refractivity contribution is -0.159. The summed E-state index contributed by atoms with van der Waals surface area (Å²) in [4.78, 5) is 35.2. The van der Waals surface area contributed by atoms with Crippen LogP contribution in [0.25, 0.3) is 0 Å². The van der Waals surface area contributed by atoms with E-state index in [9.17, 15) is 27.6 Å². The third kappa shape index (κ3) is 4.66. The van der Waals surface area contributed by atoms with Crippen molar-refractivity contribution in [3.05, 3.63) is 35.1 Å². The largest absolute Gasteiger partial charge is 0.784 e. The lowest BCUT2D eigenvalue weighted by atomic mass is 10.2. The van der Waals surface area contributed by atoms with Crippen LogP contribution < -0.4 is 0 Å². The maximum absolute atomic E-state index is 15.2. The van der Waals surface area contributed by atoms with Crippen LogP contribution in [0.1, 0.15) is 45.6 Å². The molecule has 0 radical (unpaired) electrons. The molecule has 0 heterocycles. The van der Waals surface area contributed by atoms with Crippen LogP contribution in [0.2, 0.25) is 0 Å². The summed E-state index contributed by atoms with van der Waals surface area (Å²) in [7, 11) is -6.00. The lowest BCUT2D eigenvalue weighted by Crippen LogP contribution is -2.62. The van der Waals surface area contributed by atoms with Crippen molar-refractivity contribution < 1.29 is 49.6 Å². The number of carbonyl (C=O) groups is 3. The Morgan fingerprint density at radius 3 is 1.57 bits per heavy atom. The van der Waals surface area contributed by atoms with Crippen molar-refractivity contribution in [2.75, 3.05) is 0 Å². The van der Waals surface area contributed by atoms with Gasteiger partial charge in [0.25, 0.3) is 17.9 Å². The first-order valence-electron chi connectivity index (χ1n) is 8.12. The van der Waals surface area contributed by atoms with Crippen LogP contribution in [0.4, 0.5) is 22.0 Å². The molecule has 0 amide bonds. The van der Waals surface area contributed by atoms with Gasteiger partial charge in [-0.2, -0.15) is 8.78 Å². The van der Waals surface area contributed by atoms with Crippen LogP contribution in [0, 0.1) is 17.5 Å². The maximum atomic E-state index is 15.2. The second-order valence-electron chi connectivity index (χ2n) is 5.34. The summed E-state index contributed by atoms with van der Waals surface area (Å²) in [6.07, 6.45) is -1.46. The zero-order valence-corrected chi connectivity index (χ0v) is 16.1. The molecule has 12 heteroatoms. The first kappa shape index (κ1) is 23.5. The Morgan fingerprint density at radius 2 is 1.21 bits per heavy atom. The summed E-state index contributed by atoms with van der Waals surface area (Å²) in [5.41, 5.74) is -6.60. The van der Waals surface area contributed by atoms with E-state index in [0.29, 0.717) is 0 Å². The second-order valence-corrected chi connectivity index (χ2v) is 7.69. The highest BCUT2D eigenvalue weighted by Crippen LogP contribution is 2.42. The minimum atomic E-state index is -6.00. The third-order valence-electron chi connectivity index (χ3n) is 3.37. The number of alkyl halides is 2. The van der Waals surface area contributed by atoms with Crippen LogP contribution in [-0.2, 0) is 33.2 Å². The highest BCUT2D eigenvalue weighted by molar-refractivity contribution is 6.67. The summed E-state index contributed by atoms with van der Waals surface area (Å²) in [6, 6.07) is 0.376. The SMILES string of the molecule is CCC(=O)O[Si](OC(=O)CC)(OC(=O)CC)C(F)(F)c1ccc(F)c(F)c1F. The van der Waals surface area contributed by atoms with E-state index in [1.54, 1.807) is 0 Å². The Labute approximate surface area is 157 Å². The molecule has 0 saturated carbocycles. The van der Waals surface area contributed by atoms with E-state index in [2.05, 4.69) is 13.3 Å². The average molecular weight is 428 g/mol. The molecule has 0 aliphatic carbocycles. The van der Waals surface area contributed by atoms with Gasteiger partial charge in [0.1, 0.15) is 0 Å². The zero-order valence-electron chi connectivity index (χ0n) is 15.1. The molecule has 0 N–H and O–H groups in total. The highest BCUT2D eigenvalue weighted by Gasteiger charge is 2.76.